The lowest BCUT2D eigenvalue weighted by Crippen LogP contribution is -2.31. The molecule has 2 aromatic rings. The minimum atomic E-state index is 0.0296. The van der Waals surface area contributed by atoms with Crippen LogP contribution in [-0.2, 0) is 6.61 Å². The number of fused-ring (bicyclic) bond motifs is 1. The van der Waals surface area contributed by atoms with E-state index < -0.39 is 0 Å². The molecule has 4 heteroatoms. The van der Waals surface area contributed by atoms with Crippen molar-refractivity contribution in [1.82, 2.24) is 9.38 Å². The minimum Gasteiger partial charge on any atom is -0.390 e. The maximum Gasteiger partial charge on any atom is 0.153 e. The van der Waals surface area contributed by atoms with E-state index in [-0.39, 0.29) is 6.61 Å². The van der Waals surface area contributed by atoms with Crippen LogP contribution in [0.3, 0.4) is 0 Å². The van der Waals surface area contributed by atoms with Gasteiger partial charge in [-0.2, -0.15) is 0 Å². The normalized spacial score (nSPS) is 15.4. The highest BCUT2D eigenvalue weighted by Gasteiger charge is 2.32. The number of rotatable bonds is 5. The molecule has 0 atom stereocenters. The lowest BCUT2D eigenvalue weighted by Gasteiger charge is -2.25. The fraction of sp³-hybridized carbons (Fsp3) is 0.533. The smallest absolute Gasteiger partial charge is 0.153 e. The van der Waals surface area contributed by atoms with Crippen molar-refractivity contribution in [3.05, 3.63) is 30.1 Å². The summed E-state index contributed by atoms with van der Waals surface area (Å²) in [7, 11) is 0. The van der Waals surface area contributed by atoms with Crippen LogP contribution in [0.25, 0.3) is 5.65 Å². The van der Waals surface area contributed by atoms with Crippen LogP contribution in [0.4, 0.5) is 5.82 Å². The third-order valence-corrected chi connectivity index (χ3v) is 3.58. The van der Waals surface area contributed by atoms with Crippen molar-refractivity contribution in [3.63, 3.8) is 0 Å². The van der Waals surface area contributed by atoms with Gasteiger partial charge in [0.25, 0.3) is 0 Å². The van der Waals surface area contributed by atoms with Gasteiger partial charge in [-0.1, -0.05) is 19.9 Å². The highest BCUT2D eigenvalue weighted by atomic mass is 16.3. The van der Waals surface area contributed by atoms with Crippen LogP contribution in [0.2, 0.25) is 0 Å². The molecular weight excluding hydrogens is 238 g/mol. The van der Waals surface area contributed by atoms with E-state index in [1.807, 2.05) is 28.8 Å². The average Bonchev–Trinajstić information content (AvgIpc) is 3.16. The molecule has 1 aliphatic carbocycles. The number of aliphatic hydroxyl groups is 1. The first-order valence-electron chi connectivity index (χ1n) is 7.04. The topological polar surface area (TPSA) is 40.8 Å². The molecule has 0 radical (unpaired) electrons. The number of hydrogen-bond donors (Lipinski definition) is 1. The molecule has 0 saturated heterocycles. The third-order valence-electron chi connectivity index (χ3n) is 3.58. The molecule has 19 heavy (non-hydrogen) atoms. The summed E-state index contributed by atoms with van der Waals surface area (Å²) in [4.78, 5) is 7.11. The molecule has 102 valence electrons. The summed E-state index contributed by atoms with van der Waals surface area (Å²) >= 11 is 0. The maximum absolute atomic E-state index is 9.70. The lowest BCUT2D eigenvalue weighted by molar-refractivity contribution is 0.276. The Morgan fingerprint density at radius 2 is 2.21 bits per heavy atom. The van der Waals surface area contributed by atoms with E-state index in [4.69, 9.17) is 4.98 Å². The van der Waals surface area contributed by atoms with Crippen LogP contribution in [-0.4, -0.2) is 27.1 Å². The average molecular weight is 259 g/mol. The van der Waals surface area contributed by atoms with Crippen molar-refractivity contribution in [2.24, 2.45) is 5.92 Å². The van der Waals surface area contributed by atoms with E-state index in [0.29, 0.717) is 12.0 Å². The van der Waals surface area contributed by atoms with E-state index in [1.165, 1.54) is 12.8 Å². The predicted octanol–water partition coefficient (Wildman–Crippen LogP) is 2.45. The Hall–Kier alpha value is -1.55. The fourth-order valence-corrected chi connectivity index (χ4v) is 2.60. The van der Waals surface area contributed by atoms with E-state index in [0.717, 1.165) is 23.7 Å². The van der Waals surface area contributed by atoms with Crippen molar-refractivity contribution in [1.29, 1.82) is 0 Å². The predicted molar refractivity (Wildman–Crippen MR) is 76.3 cm³/mol. The van der Waals surface area contributed by atoms with Crippen molar-refractivity contribution in [2.75, 3.05) is 11.4 Å². The van der Waals surface area contributed by atoms with Crippen molar-refractivity contribution in [2.45, 2.75) is 39.3 Å². The zero-order valence-electron chi connectivity index (χ0n) is 11.6. The Morgan fingerprint density at radius 3 is 2.84 bits per heavy atom. The minimum absolute atomic E-state index is 0.0296. The van der Waals surface area contributed by atoms with Gasteiger partial charge >= 0.3 is 0 Å². The SMILES string of the molecule is CC(C)CN(c1nc2ccccn2c1CO)C1CC1. The summed E-state index contributed by atoms with van der Waals surface area (Å²) in [6.07, 6.45) is 4.45. The second-order valence-corrected chi connectivity index (χ2v) is 5.75. The van der Waals surface area contributed by atoms with Crippen LogP contribution < -0.4 is 4.90 Å². The summed E-state index contributed by atoms with van der Waals surface area (Å²) in [6.45, 7) is 5.48. The van der Waals surface area contributed by atoms with Crippen molar-refractivity contribution < 1.29 is 5.11 Å². The van der Waals surface area contributed by atoms with Crippen LogP contribution in [0.1, 0.15) is 32.4 Å². The zero-order valence-corrected chi connectivity index (χ0v) is 11.6. The molecule has 3 rings (SSSR count). The van der Waals surface area contributed by atoms with Gasteiger partial charge in [-0.05, 0) is 30.9 Å². The quantitative estimate of drug-likeness (QED) is 0.896. The highest BCUT2D eigenvalue weighted by Crippen LogP contribution is 2.34. The van der Waals surface area contributed by atoms with Gasteiger partial charge in [0, 0.05) is 18.8 Å². The Morgan fingerprint density at radius 1 is 1.42 bits per heavy atom. The molecule has 1 N–H and O–H groups in total. The molecular formula is C15H21N3O. The van der Waals surface area contributed by atoms with E-state index in [9.17, 15) is 5.11 Å². The number of anilines is 1. The second kappa shape index (κ2) is 4.85. The number of nitrogens with zero attached hydrogens (tertiary/aromatic N) is 3. The Labute approximate surface area is 113 Å². The fourth-order valence-electron chi connectivity index (χ4n) is 2.60. The Bertz CT molecular complexity index is 572. The van der Waals surface area contributed by atoms with Crippen molar-refractivity contribution >= 4 is 11.5 Å². The van der Waals surface area contributed by atoms with Crippen LogP contribution in [0.5, 0.6) is 0 Å². The summed E-state index contributed by atoms with van der Waals surface area (Å²) < 4.78 is 1.99. The molecule has 0 bridgehead atoms. The molecule has 1 fully saturated rings. The summed E-state index contributed by atoms with van der Waals surface area (Å²) in [5.41, 5.74) is 1.82. The summed E-state index contributed by atoms with van der Waals surface area (Å²) in [5, 5.41) is 9.70. The third kappa shape index (κ3) is 2.32. The largest absolute Gasteiger partial charge is 0.390 e. The van der Waals surface area contributed by atoms with Gasteiger partial charge in [0.05, 0.1) is 12.3 Å². The van der Waals surface area contributed by atoms with E-state index in [1.54, 1.807) is 0 Å². The molecule has 0 aliphatic heterocycles. The van der Waals surface area contributed by atoms with Gasteiger partial charge in [0.2, 0.25) is 0 Å². The first-order valence-corrected chi connectivity index (χ1v) is 7.04. The number of pyridine rings is 1. The van der Waals surface area contributed by atoms with Crippen LogP contribution in [0, 0.1) is 5.92 Å². The van der Waals surface area contributed by atoms with Gasteiger partial charge in [0.15, 0.2) is 5.82 Å². The highest BCUT2D eigenvalue weighted by molar-refractivity contribution is 5.57. The maximum atomic E-state index is 9.70. The van der Waals surface area contributed by atoms with Gasteiger partial charge < -0.3 is 10.0 Å². The van der Waals surface area contributed by atoms with Gasteiger partial charge in [-0.3, -0.25) is 4.40 Å². The second-order valence-electron chi connectivity index (χ2n) is 5.75. The Kier molecular flexibility index (Phi) is 3.19. The van der Waals surface area contributed by atoms with Gasteiger partial charge in [-0.15, -0.1) is 0 Å². The molecule has 0 unspecified atom stereocenters. The molecule has 2 heterocycles. The molecule has 0 amide bonds. The standard InChI is InChI=1S/C15H21N3O/c1-11(2)9-18(12-6-7-12)15-13(10-19)17-8-4-3-5-14(17)16-15/h3-5,8,11-12,19H,6-7,9-10H2,1-2H3. The lowest BCUT2D eigenvalue weighted by atomic mass is 10.2. The van der Waals surface area contributed by atoms with E-state index >= 15 is 0 Å². The number of aliphatic hydroxyl groups excluding tert-OH is 1. The number of imidazole rings is 1. The monoisotopic (exact) mass is 259 g/mol. The molecule has 0 aromatic carbocycles. The molecule has 1 saturated carbocycles. The molecule has 1 aliphatic rings. The van der Waals surface area contributed by atoms with Gasteiger partial charge in [-0.25, -0.2) is 4.98 Å². The number of aromatic nitrogens is 2. The first kappa shape index (κ1) is 12.5. The van der Waals surface area contributed by atoms with E-state index in [2.05, 4.69) is 18.7 Å². The molecule has 2 aromatic heterocycles. The Balaban J connectivity index is 2.06. The number of hydrogen-bond acceptors (Lipinski definition) is 3. The van der Waals surface area contributed by atoms with Crippen molar-refractivity contribution in [3.8, 4) is 0 Å². The van der Waals surface area contributed by atoms with Gasteiger partial charge in [0.1, 0.15) is 5.65 Å². The van der Waals surface area contributed by atoms with Crippen LogP contribution >= 0.6 is 0 Å². The first-order chi connectivity index (χ1) is 9.20. The van der Waals surface area contributed by atoms with Crippen LogP contribution in [0.15, 0.2) is 24.4 Å². The zero-order chi connectivity index (χ0) is 13.4. The molecule has 4 nitrogen and oxygen atoms in total. The summed E-state index contributed by atoms with van der Waals surface area (Å²) in [5.74, 6) is 1.56. The molecule has 0 spiro atoms. The summed E-state index contributed by atoms with van der Waals surface area (Å²) in [6, 6.07) is 6.56.